The second-order valence-electron chi connectivity index (χ2n) is 4.51. The summed E-state index contributed by atoms with van der Waals surface area (Å²) in [6.45, 7) is 0. The topological polar surface area (TPSA) is 48.2 Å². The minimum absolute atomic E-state index is 0.532. The van der Waals surface area contributed by atoms with Gasteiger partial charge in [-0.3, -0.25) is 0 Å². The van der Waals surface area contributed by atoms with Crippen molar-refractivity contribution in [1.29, 1.82) is 0 Å². The average molecular weight is 301 g/mol. The van der Waals surface area contributed by atoms with Crippen LogP contribution in [0.5, 0.6) is 5.75 Å². The molecule has 0 unspecified atom stereocenters. The van der Waals surface area contributed by atoms with Crippen LogP contribution < -0.4 is 4.74 Å². The van der Waals surface area contributed by atoms with Crippen LogP contribution in [0.4, 0.5) is 0 Å². The van der Waals surface area contributed by atoms with Crippen molar-refractivity contribution in [3.63, 3.8) is 0 Å². The zero-order valence-electron chi connectivity index (χ0n) is 11.4. The Morgan fingerprint density at radius 2 is 1.86 bits per heavy atom. The molecule has 0 spiro atoms. The monoisotopic (exact) mass is 300 g/mol. The number of rotatable bonds is 4. The molecular weight excluding hydrogens is 288 g/mol. The molecule has 0 saturated carbocycles. The summed E-state index contributed by atoms with van der Waals surface area (Å²) in [5.74, 6) is 1.91. The Morgan fingerprint density at radius 1 is 1.10 bits per heavy atom. The SMILES string of the molecule is COc1ccccc1Cc1nc(-c2ccc(Cl)cc2)no1. The molecule has 4 nitrogen and oxygen atoms in total. The number of nitrogens with zero attached hydrogens (tertiary/aromatic N) is 2. The van der Waals surface area contributed by atoms with E-state index in [1.54, 1.807) is 19.2 Å². The van der Waals surface area contributed by atoms with E-state index in [9.17, 15) is 0 Å². The van der Waals surface area contributed by atoms with Gasteiger partial charge in [0.25, 0.3) is 0 Å². The Kier molecular flexibility index (Phi) is 3.88. The lowest BCUT2D eigenvalue weighted by atomic mass is 10.1. The lowest BCUT2D eigenvalue weighted by molar-refractivity contribution is 0.379. The first kappa shape index (κ1) is 13.6. The average Bonchev–Trinajstić information content (AvgIpc) is 2.97. The summed E-state index contributed by atoms with van der Waals surface area (Å²) in [6, 6.07) is 15.1. The standard InChI is InChI=1S/C16H13ClN2O2/c1-20-14-5-3-2-4-12(14)10-15-18-16(19-21-15)11-6-8-13(17)9-7-11/h2-9H,10H2,1H3. The fourth-order valence-electron chi connectivity index (χ4n) is 2.05. The van der Waals surface area contributed by atoms with Gasteiger partial charge < -0.3 is 9.26 Å². The van der Waals surface area contributed by atoms with Crippen LogP contribution in [0.15, 0.2) is 53.1 Å². The van der Waals surface area contributed by atoms with E-state index in [2.05, 4.69) is 10.1 Å². The fraction of sp³-hybridized carbons (Fsp3) is 0.125. The van der Waals surface area contributed by atoms with Crippen molar-refractivity contribution in [3.05, 3.63) is 65.0 Å². The van der Waals surface area contributed by atoms with Crippen LogP contribution in [0.1, 0.15) is 11.5 Å². The third-order valence-electron chi connectivity index (χ3n) is 3.10. The van der Waals surface area contributed by atoms with Gasteiger partial charge in [0, 0.05) is 16.1 Å². The number of hydrogen-bond donors (Lipinski definition) is 0. The van der Waals surface area contributed by atoms with Gasteiger partial charge in [-0.15, -0.1) is 0 Å². The summed E-state index contributed by atoms with van der Waals surface area (Å²) in [5.41, 5.74) is 1.88. The Balaban J connectivity index is 1.83. The quantitative estimate of drug-likeness (QED) is 0.731. The minimum atomic E-state index is 0.532. The summed E-state index contributed by atoms with van der Waals surface area (Å²) in [4.78, 5) is 4.40. The van der Waals surface area contributed by atoms with Gasteiger partial charge in [-0.2, -0.15) is 4.98 Å². The van der Waals surface area contributed by atoms with Crippen molar-refractivity contribution in [2.45, 2.75) is 6.42 Å². The maximum atomic E-state index is 5.87. The van der Waals surface area contributed by atoms with Crippen molar-refractivity contribution in [2.75, 3.05) is 7.11 Å². The van der Waals surface area contributed by atoms with Gasteiger partial charge in [0.1, 0.15) is 5.75 Å². The highest BCUT2D eigenvalue weighted by Crippen LogP contribution is 2.22. The van der Waals surface area contributed by atoms with Crippen LogP contribution >= 0.6 is 11.6 Å². The van der Waals surface area contributed by atoms with E-state index in [-0.39, 0.29) is 0 Å². The molecule has 21 heavy (non-hydrogen) atoms. The molecule has 0 radical (unpaired) electrons. The van der Waals surface area contributed by atoms with Gasteiger partial charge in [-0.1, -0.05) is 35.0 Å². The van der Waals surface area contributed by atoms with Crippen molar-refractivity contribution >= 4 is 11.6 Å². The third kappa shape index (κ3) is 3.06. The highest BCUT2D eigenvalue weighted by molar-refractivity contribution is 6.30. The largest absolute Gasteiger partial charge is 0.496 e. The van der Waals surface area contributed by atoms with E-state index in [1.807, 2.05) is 36.4 Å². The maximum Gasteiger partial charge on any atom is 0.231 e. The van der Waals surface area contributed by atoms with Gasteiger partial charge in [-0.05, 0) is 30.3 Å². The van der Waals surface area contributed by atoms with Crippen molar-refractivity contribution < 1.29 is 9.26 Å². The molecule has 0 N–H and O–H groups in total. The van der Waals surface area contributed by atoms with E-state index in [0.29, 0.717) is 23.2 Å². The summed E-state index contributed by atoms with van der Waals surface area (Å²) < 4.78 is 10.6. The van der Waals surface area contributed by atoms with Crippen molar-refractivity contribution in [1.82, 2.24) is 10.1 Å². The van der Waals surface area contributed by atoms with E-state index >= 15 is 0 Å². The molecule has 3 aromatic rings. The predicted molar refractivity (Wildman–Crippen MR) is 80.5 cm³/mol. The Morgan fingerprint density at radius 3 is 2.62 bits per heavy atom. The van der Waals surface area contributed by atoms with Crippen LogP contribution in [0.25, 0.3) is 11.4 Å². The Bertz CT molecular complexity index is 738. The zero-order valence-corrected chi connectivity index (χ0v) is 12.2. The maximum absolute atomic E-state index is 5.87. The summed E-state index contributed by atoms with van der Waals surface area (Å²) >= 11 is 5.87. The predicted octanol–water partition coefficient (Wildman–Crippen LogP) is 3.99. The molecule has 0 amide bonds. The minimum Gasteiger partial charge on any atom is -0.496 e. The van der Waals surface area contributed by atoms with Crippen molar-refractivity contribution in [2.24, 2.45) is 0 Å². The zero-order chi connectivity index (χ0) is 14.7. The first-order chi connectivity index (χ1) is 10.3. The van der Waals surface area contributed by atoms with Gasteiger partial charge >= 0.3 is 0 Å². The van der Waals surface area contributed by atoms with E-state index < -0.39 is 0 Å². The summed E-state index contributed by atoms with van der Waals surface area (Å²) in [6.07, 6.45) is 0.532. The van der Waals surface area contributed by atoms with Gasteiger partial charge in [-0.25, -0.2) is 0 Å². The van der Waals surface area contributed by atoms with E-state index in [4.69, 9.17) is 20.9 Å². The summed E-state index contributed by atoms with van der Waals surface area (Å²) in [7, 11) is 1.64. The highest BCUT2D eigenvalue weighted by atomic mass is 35.5. The number of methoxy groups -OCH3 is 1. The molecule has 0 aliphatic heterocycles. The van der Waals surface area contributed by atoms with Gasteiger partial charge in [0.05, 0.1) is 13.5 Å². The van der Waals surface area contributed by atoms with Gasteiger partial charge in [0.15, 0.2) is 0 Å². The van der Waals surface area contributed by atoms with Crippen LogP contribution in [0, 0.1) is 0 Å². The molecule has 1 heterocycles. The molecule has 3 rings (SSSR count). The molecule has 2 aromatic carbocycles. The second-order valence-corrected chi connectivity index (χ2v) is 4.94. The number of aromatic nitrogens is 2. The molecule has 0 saturated heterocycles. The Labute approximate surface area is 127 Å². The first-order valence-electron chi connectivity index (χ1n) is 6.46. The van der Waals surface area contributed by atoms with Crippen LogP contribution in [0.2, 0.25) is 5.02 Å². The van der Waals surface area contributed by atoms with E-state index in [0.717, 1.165) is 16.9 Å². The molecule has 5 heteroatoms. The second kappa shape index (κ2) is 5.97. The summed E-state index contributed by atoms with van der Waals surface area (Å²) in [5, 5.41) is 4.68. The molecule has 0 fully saturated rings. The fourth-order valence-corrected chi connectivity index (χ4v) is 2.18. The van der Waals surface area contributed by atoms with Crippen LogP contribution in [-0.4, -0.2) is 17.3 Å². The molecule has 1 aromatic heterocycles. The number of para-hydroxylation sites is 1. The number of hydrogen-bond acceptors (Lipinski definition) is 4. The first-order valence-corrected chi connectivity index (χ1v) is 6.84. The van der Waals surface area contributed by atoms with Crippen LogP contribution in [-0.2, 0) is 6.42 Å². The molecule has 0 bridgehead atoms. The van der Waals surface area contributed by atoms with Gasteiger partial charge in [0.2, 0.25) is 11.7 Å². The van der Waals surface area contributed by atoms with Crippen molar-refractivity contribution in [3.8, 4) is 17.1 Å². The molecule has 106 valence electrons. The third-order valence-corrected chi connectivity index (χ3v) is 3.36. The molecule has 0 aliphatic carbocycles. The number of halogens is 1. The lowest BCUT2D eigenvalue weighted by Gasteiger charge is -2.04. The smallest absolute Gasteiger partial charge is 0.231 e. The highest BCUT2D eigenvalue weighted by Gasteiger charge is 2.11. The van der Waals surface area contributed by atoms with Crippen LogP contribution in [0.3, 0.4) is 0 Å². The lowest BCUT2D eigenvalue weighted by Crippen LogP contribution is -1.93. The molecule has 0 aliphatic rings. The normalized spacial score (nSPS) is 10.6. The Hall–Kier alpha value is -2.33. The molecule has 0 atom stereocenters. The van der Waals surface area contributed by atoms with E-state index in [1.165, 1.54) is 0 Å². The number of ether oxygens (including phenoxy) is 1. The molecular formula is C16H13ClN2O2. The number of benzene rings is 2.